The Balaban J connectivity index is 3.02. The lowest BCUT2D eigenvalue weighted by molar-refractivity contribution is 0.477. The number of nitrogens with two attached hydrogens (primary N) is 1. The molecule has 0 aromatic heterocycles. The second kappa shape index (κ2) is 5.45. The molecule has 100 valence electrons. The van der Waals surface area contributed by atoms with Gasteiger partial charge in [-0.15, -0.1) is 0 Å². The van der Waals surface area contributed by atoms with E-state index in [1.165, 1.54) is 26.1 Å². The molecule has 0 heterocycles. The molecule has 18 heavy (non-hydrogen) atoms. The molecule has 0 spiro atoms. The van der Waals surface area contributed by atoms with E-state index in [-0.39, 0.29) is 23.7 Å². The lowest BCUT2D eigenvalue weighted by Crippen LogP contribution is -2.30. The van der Waals surface area contributed by atoms with Crippen molar-refractivity contribution in [1.82, 2.24) is 4.31 Å². The van der Waals surface area contributed by atoms with Gasteiger partial charge in [-0.05, 0) is 30.7 Å². The van der Waals surface area contributed by atoms with Crippen molar-refractivity contribution in [3.63, 3.8) is 0 Å². The lowest BCUT2D eigenvalue weighted by Gasteiger charge is -2.18. The van der Waals surface area contributed by atoms with Crippen LogP contribution in [0.1, 0.15) is 12.0 Å². The van der Waals surface area contributed by atoms with Gasteiger partial charge in [0.25, 0.3) is 0 Å². The van der Waals surface area contributed by atoms with E-state index in [1.807, 2.05) is 0 Å². The maximum absolute atomic E-state index is 12.9. The van der Waals surface area contributed by atoms with Crippen LogP contribution in [0.25, 0.3) is 0 Å². The maximum Gasteiger partial charge on any atom is 0.243 e. The Hall–Kier alpha value is -1.47. The van der Waals surface area contributed by atoms with Crippen LogP contribution in [-0.2, 0) is 10.0 Å². The van der Waals surface area contributed by atoms with Crippen LogP contribution < -0.4 is 5.73 Å². The quantitative estimate of drug-likeness (QED) is 0.621. The maximum atomic E-state index is 12.9. The highest BCUT2D eigenvalue weighted by Crippen LogP contribution is 2.19. The fourth-order valence-corrected chi connectivity index (χ4v) is 2.84. The van der Waals surface area contributed by atoms with Gasteiger partial charge in [-0.3, -0.25) is 5.41 Å². The van der Waals surface area contributed by atoms with E-state index in [0.29, 0.717) is 5.56 Å². The molecule has 0 unspecified atom stereocenters. The van der Waals surface area contributed by atoms with E-state index in [1.54, 1.807) is 0 Å². The number of amidine groups is 1. The average Bonchev–Trinajstić information content (AvgIpc) is 2.24. The Morgan fingerprint density at radius 1 is 1.50 bits per heavy atom. The number of hydrogen-bond acceptors (Lipinski definition) is 3. The van der Waals surface area contributed by atoms with Crippen molar-refractivity contribution < 1.29 is 12.8 Å². The van der Waals surface area contributed by atoms with E-state index in [0.717, 1.165) is 10.4 Å². The number of nitrogens with one attached hydrogen (secondary N) is 1. The summed E-state index contributed by atoms with van der Waals surface area (Å²) in [5, 5.41) is 7.07. The molecule has 0 saturated heterocycles. The van der Waals surface area contributed by atoms with Crippen LogP contribution in [-0.4, -0.2) is 32.2 Å². The lowest BCUT2D eigenvalue weighted by atomic mass is 10.2. The van der Waals surface area contributed by atoms with Crippen LogP contribution in [0.4, 0.5) is 4.39 Å². The normalized spacial score (nSPS) is 11.8. The highest BCUT2D eigenvalue weighted by atomic mass is 32.2. The van der Waals surface area contributed by atoms with E-state index in [9.17, 15) is 12.8 Å². The molecule has 1 aromatic carbocycles. The zero-order valence-electron chi connectivity index (χ0n) is 10.3. The van der Waals surface area contributed by atoms with Gasteiger partial charge in [0.05, 0.1) is 10.7 Å². The van der Waals surface area contributed by atoms with Crippen molar-refractivity contribution in [2.45, 2.75) is 18.2 Å². The highest BCUT2D eigenvalue weighted by Gasteiger charge is 2.22. The van der Waals surface area contributed by atoms with Crippen molar-refractivity contribution >= 4 is 15.9 Å². The number of sulfonamides is 1. The highest BCUT2D eigenvalue weighted by molar-refractivity contribution is 7.89. The molecular weight excluding hydrogens is 257 g/mol. The van der Waals surface area contributed by atoms with Gasteiger partial charge >= 0.3 is 0 Å². The third-order valence-electron chi connectivity index (χ3n) is 2.52. The Kier molecular flexibility index (Phi) is 4.42. The van der Waals surface area contributed by atoms with Crippen LogP contribution in [0.2, 0.25) is 0 Å². The zero-order valence-corrected chi connectivity index (χ0v) is 11.1. The smallest absolute Gasteiger partial charge is 0.243 e. The molecule has 0 amide bonds. The number of aryl methyl sites for hydroxylation is 1. The summed E-state index contributed by atoms with van der Waals surface area (Å²) in [4.78, 5) is 0.0648. The van der Waals surface area contributed by atoms with Crippen LogP contribution in [0.5, 0.6) is 0 Å². The van der Waals surface area contributed by atoms with E-state index < -0.39 is 15.8 Å². The summed E-state index contributed by atoms with van der Waals surface area (Å²) in [6, 6.07) is 3.52. The Morgan fingerprint density at radius 2 is 2.11 bits per heavy atom. The summed E-state index contributed by atoms with van der Waals surface area (Å²) in [5.41, 5.74) is 5.54. The summed E-state index contributed by atoms with van der Waals surface area (Å²) in [6.45, 7) is 1.66. The first-order valence-corrected chi connectivity index (χ1v) is 6.74. The van der Waals surface area contributed by atoms with E-state index in [2.05, 4.69) is 0 Å². The third-order valence-corrected chi connectivity index (χ3v) is 4.54. The minimum Gasteiger partial charge on any atom is -0.388 e. The van der Waals surface area contributed by atoms with Crippen molar-refractivity contribution in [3.05, 3.63) is 29.6 Å². The first-order valence-electron chi connectivity index (χ1n) is 5.30. The monoisotopic (exact) mass is 273 g/mol. The topological polar surface area (TPSA) is 87.2 Å². The largest absolute Gasteiger partial charge is 0.388 e. The molecule has 0 bridgehead atoms. The molecule has 1 rings (SSSR count). The summed E-state index contributed by atoms with van der Waals surface area (Å²) >= 11 is 0. The average molecular weight is 273 g/mol. The van der Waals surface area contributed by atoms with Crippen LogP contribution in [0.15, 0.2) is 23.1 Å². The number of halogens is 1. The number of hydrogen-bond donors (Lipinski definition) is 2. The van der Waals surface area contributed by atoms with Crippen LogP contribution in [0, 0.1) is 18.2 Å². The first kappa shape index (κ1) is 14.6. The number of benzene rings is 1. The predicted octanol–water partition coefficient (Wildman–Crippen LogP) is 1.08. The number of nitrogens with zero attached hydrogens (tertiary/aromatic N) is 1. The Labute approximate surface area is 106 Å². The molecule has 1 aromatic rings. The SMILES string of the molecule is Cc1cc(F)ccc1S(=O)(=O)N(C)CCC(=N)N. The second-order valence-electron chi connectivity index (χ2n) is 4.01. The molecule has 0 atom stereocenters. The summed E-state index contributed by atoms with van der Waals surface area (Å²) < 4.78 is 38.4. The summed E-state index contributed by atoms with van der Waals surface area (Å²) in [6.07, 6.45) is 0.163. The minimum atomic E-state index is -3.67. The van der Waals surface area contributed by atoms with Gasteiger partial charge in [-0.2, -0.15) is 0 Å². The molecule has 0 aliphatic carbocycles. The molecule has 0 radical (unpaired) electrons. The third kappa shape index (κ3) is 3.27. The molecule has 0 aliphatic rings. The van der Waals surface area contributed by atoms with Crippen molar-refractivity contribution in [3.8, 4) is 0 Å². The second-order valence-corrected chi connectivity index (χ2v) is 6.02. The van der Waals surface area contributed by atoms with Crippen LogP contribution >= 0.6 is 0 Å². The standard InChI is InChI=1S/C11H16FN3O2S/c1-8-7-9(12)3-4-10(8)18(16,17)15(2)6-5-11(13)14/h3-4,7H,5-6H2,1-2H3,(H3,13,14). The molecule has 3 N–H and O–H groups in total. The summed E-state index contributed by atoms with van der Waals surface area (Å²) in [7, 11) is -2.26. The Bertz CT molecular complexity index is 557. The van der Waals surface area contributed by atoms with Crippen LogP contribution in [0.3, 0.4) is 0 Å². The zero-order chi connectivity index (χ0) is 13.9. The molecule has 5 nitrogen and oxygen atoms in total. The summed E-state index contributed by atoms with van der Waals surface area (Å²) in [5.74, 6) is -0.550. The van der Waals surface area contributed by atoms with Gasteiger partial charge in [-0.1, -0.05) is 0 Å². The fraction of sp³-hybridized carbons (Fsp3) is 0.364. The van der Waals surface area contributed by atoms with Gasteiger partial charge < -0.3 is 5.73 Å². The van der Waals surface area contributed by atoms with Crippen molar-refractivity contribution in [2.75, 3.05) is 13.6 Å². The van der Waals surface area contributed by atoms with Crippen molar-refractivity contribution in [2.24, 2.45) is 5.73 Å². The van der Waals surface area contributed by atoms with Crippen molar-refractivity contribution in [1.29, 1.82) is 5.41 Å². The molecule has 0 aliphatic heterocycles. The first-order chi connectivity index (χ1) is 8.25. The molecular formula is C11H16FN3O2S. The minimum absolute atomic E-state index is 0.0648. The van der Waals surface area contributed by atoms with Gasteiger partial charge in [0, 0.05) is 20.0 Å². The number of rotatable bonds is 5. The van der Waals surface area contributed by atoms with Gasteiger partial charge in [0.2, 0.25) is 10.0 Å². The van der Waals surface area contributed by atoms with E-state index in [4.69, 9.17) is 11.1 Å². The molecule has 0 saturated carbocycles. The van der Waals surface area contributed by atoms with Gasteiger partial charge in [0.1, 0.15) is 5.82 Å². The molecule has 0 fully saturated rings. The molecule has 7 heteroatoms. The Morgan fingerprint density at radius 3 is 2.61 bits per heavy atom. The van der Waals surface area contributed by atoms with E-state index >= 15 is 0 Å². The van der Waals surface area contributed by atoms with Gasteiger partial charge in [0.15, 0.2) is 0 Å². The fourth-order valence-electron chi connectivity index (χ4n) is 1.47. The van der Waals surface area contributed by atoms with Gasteiger partial charge in [-0.25, -0.2) is 17.1 Å². The predicted molar refractivity (Wildman–Crippen MR) is 67.5 cm³/mol.